The van der Waals surface area contributed by atoms with E-state index in [1.807, 2.05) is 19.1 Å². The van der Waals surface area contributed by atoms with E-state index in [0.29, 0.717) is 25.0 Å². The fourth-order valence-electron chi connectivity index (χ4n) is 2.91. The van der Waals surface area contributed by atoms with Crippen molar-refractivity contribution in [3.05, 3.63) is 35.6 Å². The molecular weight excluding hydrogens is 303 g/mol. The molecule has 1 aliphatic carbocycles. The zero-order chi connectivity index (χ0) is 16.2. The highest BCUT2D eigenvalue weighted by atomic mass is 32.2. The Labute approximate surface area is 132 Å². The SMILES string of the molecule is CCN(CCCNC1CC(c2ccc(F)cc2)C1)S(C)(=O)=O. The van der Waals surface area contributed by atoms with Crippen molar-refractivity contribution in [1.29, 1.82) is 0 Å². The third-order valence-electron chi connectivity index (χ3n) is 4.32. The molecule has 1 N–H and O–H groups in total. The van der Waals surface area contributed by atoms with E-state index < -0.39 is 10.0 Å². The molecule has 0 radical (unpaired) electrons. The molecule has 1 saturated carbocycles. The molecule has 0 aliphatic heterocycles. The summed E-state index contributed by atoms with van der Waals surface area (Å²) in [5.41, 5.74) is 1.20. The van der Waals surface area contributed by atoms with Crippen molar-refractivity contribution in [1.82, 2.24) is 9.62 Å². The standard InChI is InChI=1S/C16H25FN2O2S/c1-3-19(22(2,20)21)10-4-9-18-16-11-14(12-16)13-5-7-15(17)8-6-13/h5-8,14,16,18H,3-4,9-12H2,1-2H3. The fraction of sp³-hybridized carbons (Fsp3) is 0.625. The smallest absolute Gasteiger partial charge is 0.211 e. The van der Waals surface area contributed by atoms with Gasteiger partial charge in [-0.15, -0.1) is 0 Å². The van der Waals surface area contributed by atoms with Crippen LogP contribution in [0.2, 0.25) is 0 Å². The van der Waals surface area contributed by atoms with Crippen molar-refractivity contribution in [2.45, 2.75) is 38.1 Å². The number of sulfonamides is 1. The van der Waals surface area contributed by atoms with Crippen LogP contribution in [0.1, 0.15) is 37.7 Å². The molecule has 0 unspecified atom stereocenters. The number of hydrogen-bond acceptors (Lipinski definition) is 3. The third-order valence-corrected chi connectivity index (χ3v) is 5.70. The Hall–Kier alpha value is -0.980. The van der Waals surface area contributed by atoms with E-state index in [2.05, 4.69) is 5.32 Å². The average Bonchev–Trinajstić information content (AvgIpc) is 2.40. The van der Waals surface area contributed by atoms with Crippen LogP contribution in [-0.2, 0) is 10.0 Å². The summed E-state index contributed by atoms with van der Waals surface area (Å²) in [6.07, 6.45) is 4.20. The Morgan fingerprint density at radius 1 is 1.27 bits per heavy atom. The van der Waals surface area contributed by atoms with Crippen LogP contribution in [0.4, 0.5) is 4.39 Å². The van der Waals surface area contributed by atoms with Gasteiger partial charge in [0.05, 0.1) is 6.26 Å². The van der Waals surface area contributed by atoms with Gasteiger partial charge in [-0.3, -0.25) is 0 Å². The summed E-state index contributed by atoms with van der Waals surface area (Å²) in [7, 11) is -3.08. The highest BCUT2D eigenvalue weighted by Crippen LogP contribution is 2.36. The molecule has 1 aromatic rings. The van der Waals surface area contributed by atoms with E-state index >= 15 is 0 Å². The first-order chi connectivity index (χ1) is 10.4. The van der Waals surface area contributed by atoms with Gasteiger partial charge in [0, 0.05) is 19.1 Å². The lowest BCUT2D eigenvalue weighted by molar-refractivity contribution is 0.286. The fourth-order valence-corrected chi connectivity index (χ4v) is 3.84. The summed E-state index contributed by atoms with van der Waals surface area (Å²) in [6.45, 7) is 3.77. The number of rotatable bonds is 8. The predicted octanol–water partition coefficient (Wildman–Crippen LogP) is 2.33. The van der Waals surface area contributed by atoms with Crippen molar-refractivity contribution in [2.75, 3.05) is 25.9 Å². The van der Waals surface area contributed by atoms with Crippen LogP contribution in [0, 0.1) is 5.82 Å². The van der Waals surface area contributed by atoms with E-state index in [-0.39, 0.29) is 5.82 Å². The Morgan fingerprint density at radius 3 is 2.45 bits per heavy atom. The zero-order valence-corrected chi connectivity index (χ0v) is 14.1. The number of benzene rings is 1. The van der Waals surface area contributed by atoms with E-state index in [1.165, 1.54) is 28.3 Å². The van der Waals surface area contributed by atoms with Gasteiger partial charge in [-0.1, -0.05) is 19.1 Å². The molecule has 124 valence electrons. The molecule has 22 heavy (non-hydrogen) atoms. The van der Waals surface area contributed by atoms with Crippen molar-refractivity contribution >= 4 is 10.0 Å². The number of nitrogens with zero attached hydrogens (tertiary/aromatic N) is 1. The summed E-state index contributed by atoms with van der Waals surface area (Å²) < 4.78 is 37.3. The van der Waals surface area contributed by atoms with Gasteiger partial charge in [0.15, 0.2) is 0 Å². The van der Waals surface area contributed by atoms with Crippen molar-refractivity contribution < 1.29 is 12.8 Å². The quantitative estimate of drug-likeness (QED) is 0.745. The number of halogens is 1. The zero-order valence-electron chi connectivity index (χ0n) is 13.3. The number of hydrogen-bond donors (Lipinski definition) is 1. The maximum atomic E-state index is 12.9. The largest absolute Gasteiger partial charge is 0.314 e. The summed E-state index contributed by atoms with van der Waals surface area (Å²) >= 11 is 0. The summed E-state index contributed by atoms with van der Waals surface area (Å²) in [4.78, 5) is 0. The molecule has 1 aliphatic rings. The Morgan fingerprint density at radius 2 is 1.91 bits per heavy atom. The van der Waals surface area contributed by atoms with Crippen molar-refractivity contribution in [2.24, 2.45) is 0 Å². The first kappa shape index (κ1) is 17.4. The molecule has 2 rings (SSSR count). The molecule has 0 aromatic heterocycles. The maximum absolute atomic E-state index is 12.9. The minimum Gasteiger partial charge on any atom is -0.314 e. The Kier molecular flexibility index (Phi) is 5.94. The summed E-state index contributed by atoms with van der Waals surface area (Å²) in [5, 5.41) is 3.47. The molecule has 0 amide bonds. The highest BCUT2D eigenvalue weighted by Gasteiger charge is 2.29. The second-order valence-electron chi connectivity index (χ2n) is 5.98. The van der Waals surface area contributed by atoms with Gasteiger partial charge in [-0.2, -0.15) is 0 Å². The molecule has 1 aromatic carbocycles. The Balaban J connectivity index is 1.63. The van der Waals surface area contributed by atoms with Crippen molar-refractivity contribution in [3.8, 4) is 0 Å². The predicted molar refractivity (Wildman–Crippen MR) is 86.9 cm³/mol. The van der Waals surface area contributed by atoms with Gasteiger partial charge in [0.1, 0.15) is 5.82 Å². The van der Waals surface area contributed by atoms with Crippen LogP contribution >= 0.6 is 0 Å². The van der Waals surface area contributed by atoms with Crippen LogP contribution in [0.25, 0.3) is 0 Å². The molecular formula is C16H25FN2O2S. The topological polar surface area (TPSA) is 49.4 Å². The molecule has 0 atom stereocenters. The molecule has 0 spiro atoms. The molecule has 0 heterocycles. The molecule has 0 bridgehead atoms. The summed E-state index contributed by atoms with van der Waals surface area (Å²) in [5.74, 6) is 0.324. The second kappa shape index (κ2) is 7.53. The normalized spacial score (nSPS) is 21.8. The molecule has 1 fully saturated rings. The molecule has 0 saturated heterocycles. The third kappa shape index (κ3) is 4.76. The lowest BCUT2D eigenvalue weighted by Gasteiger charge is -2.36. The van der Waals surface area contributed by atoms with E-state index in [0.717, 1.165) is 25.8 Å². The monoisotopic (exact) mass is 328 g/mol. The first-order valence-electron chi connectivity index (χ1n) is 7.84. The van der Waals surface area contributed by atoms with E-state index in [9.17, 15) is 12.8 Å². The number of nitrogens with one attached hydrogen (secondary N) is 1. The second-order valence-corrected chi connectivity index (χ2v) is 7.96. The van der Waals surface area contributed by atoms with Crippen LogP contribution in [0.15, 0.2) is 24.3 Å². The minimum absolute atomic E-state index is 0.191. The lowest BCUT2D eigenvalue weighted by Crippen LogP contribution is -2.41. The van der Waals surface area contributed by atoms with Crippen LogP contribution in [0.3, 0.4) is 0 Å². The molecule has 4 nitrogen and oxygen atoms in total. The van der Waals surface area contributed by atoms with Crippen LogP contribution < -0.4 is 5.32 Å². The van der Waals surface area contributed by atoms with Crippen LogP contribution in [-0.4, -0.2) is 44.7 Å². The van der Waals surface area contributed by atoms with Gasteiger partial charge in [-0.05, 0) is 49.4 Å². The average molecular weight is 328 g/mol. The maximum Gasteiger partial charge on any atom is 0.211 e. The molecule has 6 heteroatoms. The van der Waals surface area contributed by atoms with Crippen LogP contribution in [0.5, 0.6) is 0 Å². The van der Waals surface area contributed by atoms with E-state index in [4.69, 9.17) is 0 Å². The van der Waals surface area contributed by atoms with E-state index in [1.54, 1.807) is 0 Å². The Bertz CT molecular complexity index is 568. The first-order valence-corrected chi connectivity index (χ1v) is 9.69. The van der Waals surface area contributed by atoms with Crippen molar-refractivity contribution in [3.63, 3.8) is 0 Å². The minimum atomic E-state index is -3.08. The van der Waals surface area contributed by atoms with Gasteiger partial charge in [-0.25, -0.2) is 17.1 Å². The summed E-state index contributed by atoms with van der Waals surface area (Å²) in [6, 6.07) is 7.24. The van der Waals surface area contributed by atoms with Gasteiger partial charge in [0.25, 0.3) is 0 Å². The van der Waals surface area contributed by atoms with Gasteiger partial charge in [0.2, 0.25) is 10.0 Å². The van der Waals surface area contributed by atoms with Gasteiger partial charge >= 0.3 is 0 Å². The van der Waals surface area contributed by atoms with Gasteiger partial charge < -0.3 is 5.32 Å². The highest BCUT2D eigenvalue weighted by molar-refractivity contribution is 7.88. The lowest BCUT2D eigenvalue weighted by atomic mass is 9.76.